The number of amides is 1. The summed E-state index contributed by atoms with van der Waals surface area (Å²) >= 11 is 5.33. The number of fused-ring (bicyclic) bond motifs is 1. The van der Waals surface area contributed by atoms with Gasteiger partial charge in [0.1, 0.15) is 0 Å². The van der Waals surface area contributed by atoms with Crippen LogP contribution in [0.3, 0.4) is 0 Å². The van der Waals surface area contributed by atoms with Gasteiger partial charge in [-0.05, 0) is 58.8 Å². The average molecular weight is 386 g/mol. The van der Waals surface area contributed by atoms with E-state index in [1.54, 1.807) is 23.1 Å². The summed E-state index contributed by atoms with van der Waals surface area (Å²) in [5.74, 6) is 1.11. The van der Waals surface area contributed by atoms with Crippen molar-refractivity contribution in [3.05, 3.63) is 79.7 Å². The SMILES string of the molecule is CSCc1ccc(C(=O)N2CCc3sccc3[C@@H]2c2cccs2)cc1. The molecule has 0 aliphatic carbocycles. The minimum Gasteiger partial charge on any atom is -0.326 e. The zero-order valence-electron chi connectivity index (χ0n) is 14.0. The van der Waals surface area contributed by atoms with Gasteiger partial charge in [-0.2, -0.15) is 11.8 Å². The highest BCUT2D eigenvalue weighted by Crippen LogP contribution is 2.40. The zero-order valence-corrected chi connectivity index (χ0v) is 16.4. The molecule has 0 unspecified atom stereocenters. The minimum absolute atomic E-state index is 0.0494. The van der Waals surface area contributed by atoms with Gasteiger partial charge in [0, 0.05) is 27.6 Å². The van der Waals surface area contributed by atoms with Crippen LogP contribution in [-0.4, -0.2) is 23.6 Å². The molecule has 0 fully saturated rings. The van der Waals surface area contributed by atoms with Gasteiger partial charge in [0.25, 0.3) is 5.91 Å². The van der Waals surface area contributed by atoms with E-state index in [1.807, 2.05) is 28.4 Å². The van der Waals surface area contributed by atoms with Crippen molar-refractivity contribution >= 4 is 40.3 Å². The number of carbonyl (C=O) groups is 1. The fourth-order valence-corrected chi connectivity index (χ4v) is 5.65. The topological polar surface area (TPSA) is 20.3 Å². The number of benzene rings is 1. The van der Waals surface area contributed by atoms with E-state index in [0.29, 0.717) is 0 Å². The second-order valence-corrected chi connectivity index (χ2v) is 8.94. The van der Waals surface area contributed by atoms with E-state index in [-0.39, 0.29) is 11.9 Å². The van der Waals surface area contributed by atoms with E-state index in [0.717, 1.165) is 24.3 Å². The fraction of sp³-hybridized carbons (Fsp3) is 0.250. The summed E-state index contributed by atoms with van der Waals surface area (Å²) in [4.78, 5) is 17.9. The molecule has 1 amide bonds. The summed E-state index contributed by atoms with van der Waals surface area (Å²) in [6, 6.07) is 14.5. The maximum absolute atomic E-state index is 13.2. The first-order chi connectivity index (χ1) is 12.3. The Morgan fingerprint density at radius 1 is 1.16 bits per heavy atom. The predicted octanol–water partition coefficient (Wildman–Crippen LogP) is 5.46. The normalized spacial score (nSPS) is 16.7. The van der Waals surface area contributed by atoms with Gasteiger partial charge in [-0.1, -0.05) is 18.2 Å². The summed E-state index contributed by atoms with van der Waals surface area (Å²) in [5.41, 5.74) is 3.34. The molecule has 0 radical (unpaired) electrons. The third kappa shape index (κ3) is 3.28. The molecule has 3 heterocycles. The number of nitrogens with zero attached hydrogens (tertiary/aromatic N) is 1. The highest BCUT2D eigenvalue weighted by molar-refractivity contribution is 7.97. The molecule has 0 bridgehead atoms. The maximum atomic E-state index is 13.2. The van der Waals surface area contributed by atoms with Crippen molar-refractivity contribution in [1.29, 1.82) is 0 Å². The maximum Gasteiger partial charge on any atom is 0.254 e. The molecule has 0 saturated carbocycles. The summed E-state index contributed by atoms with van der Waals surface area (Å²) in [6.07, 6.45) is 3.04. The first-order valence-electron chi connectivity index (χ1n) is 8.26. The summed E-state index contributed by atoms with van der Waals surface area (Å²) in [6.45, 7) is 0.779. The summed E-state index contributed by atoms with van der Waals surface area (Å²) in [5, 5.41) is 4.24. The lowest BCUT2D eigenvalue weighted by Gasteiger charge is -2.35. The van der Waals surface area contributed by atoms with Crippen molar-refractivity contribution in [1.82, 2.24) is 4.90 Å². The third-order valence-electron chi connectivity index (χ3n) is 4.55. The lowest BCUT2D eigenvalue weighted by Crippen LogP contribution is -2.39. The van der Waals surface area contributed by atoms with E-state index in [2.05, 4.69) is 47.3 Å². The van der Waals surface area contributed by atoms with Crippen LogP contribution in [0, 0.1) is 0 Å². The molecular formula is C20H19NOS3. The van der Waals surface area contributed by atoms with Crippen LogP contribution in [0.15, 0.2) is 53.2 Å². The number of hydrogen-bond donors (Lipinski definition) is 0. The molecule has 2 nitrogen and oxygen atoms in total. The molecule has 1 atom stereocenters. The number of thioether (sulfide) groups is 1. The molecular weight excluding hydrogens is 366 g/mol. The van der Waals surface area contributed by atoms with Crippen molar-refractivity contribution < 1.29 is 4.79 Å². The smallest absolute Gasteiger partial charge is 0.254 e. The van der Waals surface area contributed by atoms with Gasteiger partial charge < -0.3 is 4.90 Å². The molecule has 2 aromatic heterocycles. The molecule has 1 aliphatic rings. The molecule has 5 heteroatoms. The van der Waals surface area contributed by atoms with Crippen LogP contribution in [0.25, 0.3) is 0 Å². The zero-order chi connectivity index (χ0) is 17.2. The average Bonchev–Trinajstić information content (AvgIpc) is 3.33. The fourth-order valence-electron chi connectivity index (χ4n) is 3.36. The standard InChI is InChI=1S/C20H19NOS3/c1-23-13-14-4-6-15(7-5-14)20(22)21-10-8-17-16(9-12-25-17)19(21)18-3-2-11-24-18/h2-7,9,11-12,19H,8,10,13H2,1H3/t19-/m1/s1. The molecule has 0 N–H and O–H groups in total. The van der Waals surface area contributed by atoms with E-state index in [9.17, 15) is 4.79 Å². The molecule has 3 aromatic rings. The van der Waals surface area contributed by atoms with Crippen LogP contribution >= 0.6 is 34.4 Å². The van der Waals surface area contributed by atoms with Gasteiger partial charge in [-0.15, -0.1) is 22.7 Å². The largest absolute Gasteiger partial charge is 0.326 e. The van der Waals surface area contributed by atoms with Crippen molar-refractivity contribution in [2.45, 2.75) is 18.2 Å². The second kappa shape index (κ2) is 7.36. The van der Waals surface area contributed by atoms with Crippen molar-refractivity contribution in [3.8, 4) is 0 Å². The van der Waals surface area contributed by atoms with Crippen LogP contribution < -0.4 is 0 Å². The van der Waals surface area contributed by atoms with Crippen LogP contribution in [0.5, 0.6) is 0 Å². The van der Waals surface area contributed by atoms with Crippen molar-refractivity contribution in [2.75, 3.05) is 12.8 Å². The second-order valence-electron chi connectivity index (χ2n) is 6.10. The van der Waals surface area contributed by atoms with E-state index in [4.69, 9.17) is 0 Å². The Kier molecular flexibility index (Phi) is 4.97. The lowest BCUT2D eigenvalue weighted by molar-refractivity contribution is 0.0699. The predicted molar refractivity (Wildman–Crippen MR) is 109 cm³/mol. The molecule has 128 valence electrons. The first kappa shape index (κ1) is 16.9. The lowest BCUT2D eigenvalue weighted by atomic mass is 9.97. The monoisotopic (exact) mass is 385 g/mol. The Labute approximate surface area is 160 Å². The van der Waals surface area contributed by atoms with Gasteiger partial charge >= 0.3 is 0 Å². The number of carbonyl (C=O) groups excluding carboxylic acids is 1. The Morgan fingerprint density at radius 2 is 2.00 bits per heavy atom. The van der Waals surface area contributed by atoms with Crippen LogP contribution in [-0.2, 0) is 12.2 Å². The van der Waals surface area contributed by atoms with E-state index in [1.165, 1.54) is 20.9 Å². The molecule has 4 rings (SSSR count). The number of rotatable bonds is 4. The van der Waals surface area contributed by atoms with Crippen molar-refractivity contribution in [2.24, 2.45) is 0 Å². The van der Waals surface area contributed by atoms with Gasteiger partial charge in [-0.3, -0.25) is 4.79 Å². The highest BCUT2D eigenvalue weighted by atomic mass is 32.2. The minimum atomic E-state index is 0.0494. The summed E-state index contributed by atoms with van der Waals surface area (Å²) < 4.78 is 0. The molecule has 0 saturated heterocycles. The first-order valence-corrected chi connectivity index (χ1v) is 11.4. The van der Waals surface area contributed by atoms with E-state index >= 15 is 0 Å². The number of hydrogen-bond acceptors (Lipinski definition) is 4. The summed E-state index contributed by atoms with van der Waals surface area (Å²) in [7, 11) is 0. The van der Waals surface area contributed by atoms with Crippen LogP contribution in [0.2, 0.25) is 0 Å². The van der Waals surface area contributed by atoms with Gasteiger partial charge in [-0.25, -0.2) is 0 Å². The number of thiophene rings is 2. The Morgan fingerprint density at radius 3 is 2.72 bits per heavy atom. The van der Waals surface area contributed by atoms with Crippen LogP contribution in [0.4, 0.5) is 0 Å². The molecule has 0 spiro atoms. The van der Waals surface area contributed by atoms with Gasteiger partial charge in [0.15, 0.2) is 0 Å². The molecule has 1 aromatic carbocycles. The Hall–Kier alpha value is -1.56. The Balaban J connectivity index is 1.67. The quantitative estimate of drug-likeness (QED) is 0.594. The van der Waals surface area contributed by atoms with E-state index < -0.39 is 0 Å². The Bertz CT molecular complexity index is 851. The van der Waals surface area contributed by atoms with Gasteiger partial charge in [0.2, 0.25) is 0 Å². The van der Waals surface area contributed by atoms with Crippen LogP contribution in [0.1, 0.15) is 37.3 Å². The molecule has 25 heavy (non-hydrogen) atoms. The highest BCUT2D eigenvalue weighted by Gasteiger charge is 2.33. The third-order valence-corrected chi connectivity index (χ3v) is 7.09. The van der Waals surface area contributed by atoms with Crippen molar-refractivity contribution in [3.63, 3.8) is 0 Å². The molecule has 1 aliphatic heterocycles. The van der Waals surface area contributed by atoms with Gasteiger partial charge in [0.05, 0.1) is 6.04 Å².